The zero-order valence-electron chi connectivity index (χ0n) is 12.4. The van der Waals surface area contributed by atoms with E-state index in [1.165, 1.54) is 0 Å². The van der Waals surface area contributed by atoms with Gasteiger partial charge in [-0.2, -0.15) is 0 Å². The molecule has 0 aromatic heterocycles. The molecule has 0 saturated carbocycles. The van der Waals surface area contributed by atoms with Crippen LogP contribution in [0.2, 0.25) is 0 Å². The second kappa shape index (κ2) is 6.93. The fourth-order valence-corrected chi connectivity index (χ4v) is 2.23. The van der Waals surface area contributed by atoms with Crippen molar-refractivity contribution in [2.24, 2.45) is 0 Å². The molecule has 21 heavy (non-hydrogen) atoms. The van der Waals surface area contributed by atoms with Crippen molar-refractivity contribution in [3.63, 3.8) is 0 Å². The average Bonchev–Trinajstić information content (AvgIpc) is 2.48. The van der Waals surface area contributed by atoms with Crippen molar-refractivity contribution in [1.82, 2.24) is 0 Å². The topological polar surface area (TPSA) is 46.5 Å². The summed E-state index contributed by atoms with van der Waals surface area (Å²) in [4.78, 5) is 10.8. The lowest BCUT2D eigenvalue weighted by atomic mass is 10.0. The van der Waals surface area contributed by atoms with Crippen molar-refractivity contribution in [2.75, 3.05) is 0 Å². The summed E-state index contributed by atoms with van der Waals surface area (Å²) in [5, 5.41) is 8.89. The Morgan fingerprint density at radius 3 is 2.05 bits per heavy atom. The van der Waals surface area contributed by atoms with Gasteiger partial charge in [-0.05, 0) is 48.7 Å². The van der Waals surface area contributed by atoms with Crippen molar-refractivity contribution in [3.05, 3.63) is 54.1 Å². The number of hydrogen-bond donors (Lipinski definition) is 1. The molecule has 3 heteroatoms. The largest absolute Gasteiger partial charge is 0.491 e. The predicted molar refractivity (Wildman–Crippen MR) is 83.8 cm³/mol. The van der Waals surface area contributed by atoms with Gasteiger partial charge in [0.15, 0.2) is 0 Å². The predicted octanol–water partition coefficient (Wildman–Crippen LogP) is 4.62. The molecule has 1 unspecified atom stereocenters. The minimum Gasteiger partial charge on any atom is -0.491 e. The Morgan fingerprint density at radius 2 is 1.57 bits per heavy atom. The number of hydrogen-bond acceptors (Lipinski definition) is 2. The van der Waals surface area contributed by atoms with Crippen LogP contribution in [0.4, 0.5) is 0 Å². The van der Waals surface area contributed by atoms with E-state index in [-0.39, 0.29) is 6.10 Å². The highest BCUT2D eigenvalue weighted by Crippen LogP contribution is 2.23. The van der Waals surface area contributed by atoms with E-state index >= 15 is 0 Å². The zero-order chi connectivity index (χ0) is 15.2. The Balaban J connectivity index is 2.09. The molecule has 0 saturated heterocycles. The maximum atomic E-state index is 10.8. The average molecular weight is 284 g/mol. The normalized spacial score (nSPS) is 11.9. The molecule has 2 rings (SSSR count). The first kappa shape index (κ1) is 15.1. The van der Waals surface area contributed by atoms with Gasteiger partial charge in [0.2, 0.25) is 0 Å². The van der Waals surface area contributed by atoms with Crippen LogP contribution >= 0.6 is 0 Å². The molecule has 3 nitrogen and oxygen atoms in total. The third-order valence-electron chi connectivity index (χ3n) is 3.35. The third-order valence-corrected chi connectivity index (χ3v) is 3.35. The van der Waals surface area contributed by atoms with Crippen LogP contribution in [-0.4, -0.2) is 17.2 Å². The van der Waals surface area contributed by atoms with E-state index in [4.69, 9.17) is 9.84 Å². The highest BCUT2D eigenvalue weighted by Gasteiger charge is 2.05. The molecule has 0 spiro atoms. The lowest BCUT2D eigenvalue weighted by molar-refractivity contribution is 0.0697. The van der Waals surface area contributed by atoms with E-state index in [9.17, 15) is 4.79 Å². The van der Waals surface area contributed by atoms with E-state index in [1.807, 2.05) is 36.4 Å². The van der Waals surface area contributed by atoms with Crippen LogP contribution in [0.15, 0.2) is 48.5 Å². The molecule has 0 fully saturated rings. The van der Waals surface area contributed by atoms with Crippen LogP contribution in [0.3, 0.4) is 0 Å². The van der Waals surface area contributed by atoms with E-state index in [0.717, 1.165) is 29.7 Å². The molecule has 0 aliphatic heterocycles. The Hall–Kier alpha value is -2.29. The molecule has 0 heterocycles. The molecule has 0 radical (unpaired) electrons. The summed E-state index contributed by atoms with van der Waals surface area (Å²) in [6.45, 7) is 4.21. The maximum absolute atomic E-state index is 10.8. The number of carbonyl (C=O) groups is 1. The van der Waals surface area contributed by atoms with Gasteiger partial charge in [-0.25, -0.2) is 4.79 Å². The zero-order valence-corrected chi connectivity index (χ0v) is 12.4. The number of ether oxygens (including phenoxy) is 1. The molecule has 2 aromatic rings. The van der Waals surface area contributed by atoms with Gasteiger partial charge in [-0.1, -0.05) is 37.6 Å². The van der Waals surface area contributed by atoms with Gasteiger partial charge in [0, 0.05) is 0 Å². The van der Waals surface area contributed by atoms with Gasteiger partial charge in [-0.15, -0.1) is 0 Å². The van der Waals surface area contributed by atoms with Crippen molar-refractivity contribution < 1.29 is 14.6 Å². The molecular formula is C18H20O3. The van der Waals surface area contributed by atoms with E-state index in [2.05, 4.69) is 13.8 Å². The monoisotopic (exact) mass is 284 g/mol. The van der Waals surface area contributed by atoms with Gasteiger partial charge in [0.25, 0.3) is 0 Å². The van der Waals surface area contributed by atoms with Crippen LogP contribution in [0.1, 0.15) is 37.0 Å². The highest BCUT2D eigenvalue weighted by molar-refractivity contribution is 5.88. The molecule has 1 atom stereocenters. The van der Waals surface area contributed by atoms with E-state index < -0.39 is 5.97 Å². The minimum absolute atomic E-state index is 0.218. The number of carboxylic acid groups (broad SMARTS) is 1. The molecule has 0 bridgehead atoms. The lowest BCUT2D eigenvalue weighted by Gasteiger charge is -2.14. The Bertz CT molecular complexity index is 585. The van der Waals surface area contributed by atoms with Crippen molar-refractivity contribution in [3.8, 4) is 16.9 Å². The molecule has 0 amide bonds. The highest BCUT2D eigenvalue weighted by atomic mass is 16.5. The molecule has 110 valence electrons. The number of rotatable bonds is 6. The van der Waals surface area contributed by atoms with Gasteiger partial charge in [0.05, 0.1) is 11.7 Å². The fourth-order valence-electron chi connectivity index (χ4n) is 2.23. The van der Waals surface area contributed by atoms with Gasteiger partial charge in [-0.3, -0.25) is 0 Å². The van der Waals surface area contributed by atoms with Crippen LogP contribution in [-0.2, 0) is 0 Å². The molecular weight excluding hydrogens is 264 g/mol. The van der Waals surface area contributed by atoms with Crippen LogP contribution in [0.25, 0.3) is 11.1 Å². The van der Waals surface area contributed by atoms with Gasteiger partial charge >= 0.3 is 5.97 Å². The van der Waals surface area contributed by atoms with E-state index in [1.54, 1.807) is 12.1 Å². The van der Waals surface area contributed by atoms with Gasteiger partial charge < -0.3 is 9.84 Å². The quantitative estimate of drug-likeness (QED) is 0.842. The smallest absolute Gasteiger partial charge is 0.335 e. The summed E-state index contributed by atoms with van der Waals surface area (Å²) >= 11 is 0. The molecule has 0 aliphatic rings. The number of aromatic carboxylic acids is 1. The Kier molecular flexibility index (Phi) is 4.99. The fraction of sp³-hybridized carbons (Fsp3) is 0.278. The van der Waals surface area contributed by atoms with Crippen LogP contribution in [0, 0.1) is 0 Å². The van der Waals surface area contributed by atoms with Crippen molar-refractivity contribution in [1.29, 1.82) is 0 Å². The summed E-state index contributed by atoms with van der Waals surface area (Å²) in [5.74, 6) is -0.0444. The van der Waals surface area contributed by atoms with Gasteiger partial charge in [0.1, 0.15) is 5.75 Å². The SMILES string of the molecule is CCCC(C)Oc1ccc(-c2ccc(C(=O)O)cc2)cc1. The van der Waals surface area contributed by atoms with E-state index in [0.29, 0.717) is 5.56 Å². The number of benzene rings is 2. The first-order valence-electron chi connectivity index (χ1n) is 7.20. The molecule has 2 aromatic carbocycles. The molecule has 0 aliphatic carbocycles. The van der Waals surface area contributed by atoms with Crippen LogP contribution in [0.5, 0.6) is 5.75 Å². The molecule has 1 N–H and O–H groups in total. The summed E-state index contributed by atoms with van der Waals surface area (Å²) in [5.41, 5.74) is 2.34. The summed E-state index contributed by atoms with van der Waals surface area (Å²) in [6.07, 6.45) is 2.36. The second-order valence-electron chi connectivity index (χ2n) is 5.12. The van der Waals surface area contributed by atoms with Crippen molar-refractivity contribution >= 4 is 5.97 Å². The number of carboxylic acids is 1. The summed E-state index contributed by atoms with van der Waals surface area (Å²) < 4.78 is 5.82. The van der Waals surface area contributed by atoms with Crippen LogP contribution < -0.4 is 4.74 Å². The standard InChI is InChI=1S/C18H20O3/c1-3-4-13(2)21-17-11-9-15(10-12-17)14-5-7-16(8-6-14)18(19)20/h5-13H,3-4H2,1-2H3,(H,19,20). The van der Waals surface area contributed by atoms with Crippen molar-refractivity contribution in [2.45, 2.75) is 32.8 Å². The second-order valence-corrected chi connectivity index (χ2v) is 5.12. The minimum atomic E-state index is -0.907. The maximum Gasteiger partial charge on any atom is 0.335 e. The summed E-state index contributed by atoms with van der Waals surface area (Å²) in [7, 11) is 0. The Morgan fingerprint density at radius 1 is 1.05 bits per heavy atom. The third kappa shape index (κ3) is 4.09. The Labute approximate surface area is 125 Å². The first-order valence-corrected chi connectivity index (χ1v) is 7.20. The summed E-state index contributed by atoms with van der Waals surface area (Å²) in [6, 6.07) is 14.8. The lowest BCUT2D eigenvalue weighted by Crippen LogP contribution is -2.10. The first-order chi connectivity index (χ1) is 10.1.